The number of halogens is 3. The van der Waals surface area contributed by atoms with Crippen LogP contribution in [-0.2, 0) is 11.6 Å². The van der Waals surface area contributed by atoms with Gasteiger partial charge < -0.3 is 5.73 Å². The van der Waals surface area contributed by atoms with Crippen LogP contribution in [0.5, 0.6) is 0 Å². The monoisotopic (exact) mass is 348 g/mol. The minimum atomic E-state index is -4.62. The number of aryl methyl sites for hydroxylation is 1. The van der Waals surface area contributed by atoms with Crippen LogP contribution >= 0.6 is 0 Å². The van der Waals surface area contributed by atoms with Gasteiger partial charge in [0.15, 0.2) is 11.3 Å². The summed E-state index contributed by atoms with van der Waals surface area (Å²) in [5, 5.41) is 4.14. The zero-order chi connectivity index (χ0) is 18.6. The lowest BCUT2D eigenvalue weighted by Gasteiger charge is -2.20. The molecule has 0 amide bonds. The van der Waals surface area contributed by atoms with Crippen LogP contribution < -0.4 is 5.73 Å². The second kappa shape index (κ2) is 5.47. The van der Waals surface area contributed by atoms with Gasteiger partial charge in [0.25, 0.3) is 0 Å². The first-order valence-electron chi connectivity index (χ1n) is 7.82. The highest BCUT2D eigenvalue weighted by molar-refractivity contribution is 5.78. The first-order chi connectivity index (χ1) is 11.5. The Morgan fingerprint density at radius 3 is 2.16 bits per heavy atom. The summed E-state index contributed by atoms with van der Waals surface area (Å²) in [6.07, 6.45) is -4.62. The fourth-order valence-electron chi connectivity index (χ4n) is 2.77. The predicted octanol–water partition coefficient (Wildman–Crippen LogP) is 4.60. The molecule has 3 aromatic rings. The smallest absolute Gasteiger partial charge is 0.383 e. The largest absolute Gasteiger partial charge is 0.434 e. The normalized spacial score (nSPS) is 12.8. The maximum atomic E-state index is 13.6. The topological polar surface area (TPSA) is 56.2 Å². The number of benzene rings is 1. The van der Waals surface area contributed by atoms with Crippen LogP contribution in [0.1, 0.15) is 37.7 Å². The SMILES string of the molecule is Cc1cc2nc(C(F)(F)F)c(-c3ccc(C(C)(C)C)cc3)c(N)n2n1. The first-order valence-corrected chi connectivity index (χ1v) is 7.82. The van der Waals surface area contributed by atoms with E-state index in [1.807, 2.05) is 32.9 Å². The molecule has 0 aliphatic heterocycles. The first kappa shape index (κ1) is 17.3. The number of hydrogen-bond acceptors (Lipinski definition) is 3. The van der Waals surface area contributed by atoms with Crippen molar-refractivity contribution in [2.45, 2.75) is 39.3 Å². The van der Waals surface area contributed by atoms with Gasteiger partial charge in [0.05, 0.1) is 11.3 Å². The Morgan fingerprint density at radius 1 is 1.04 bits per heavy atom. The molecule has 0 atom stereocenters. The molecule has 0 saturated heterocycles. The molecule has 0 aliphatic carbocycles. The van der Waals surface area contributed by atoms with Crippen molar-refractivity contribution in [2.24, 2.45) is 0 Å². The molecule has 2 N–H and O–H groups in total. The Balaban J connectivity index is 2.28. The van der Waals surface area contributed by atoms with Crippen molar-refractivity contribution in [2.75, 3.05) is 5.73 Å². The Labute approximate surface area is 143 Å². The Bertz CT molecular complexity index is 932. The van der Waals surface area contributed by atoms with E-state index in [9.17, 15) is 13.2 Å². The third-order valence-electron chi connectivity index (χ3n) is 4.07. The van der Waals surface area contributed by atoms with Crippen LogP contribution in [0, 0.1) is 6.92 Å². The summed E-state index contributed by atoms with van der Waals surface area (Å²) in [7, 11) is 0. The van der Waals surface area contributed by atoms with Crippen LogP contribution in [0.15, 0.2) is 30.3 Å². The Hall–Kier alpha value is -2.57. The van der Waals surface area contributed by atoms with E-state index in [1.165, 1.54) is 10.6 Å². The second-order valence-corrected chi connectivity index (χ2v) is 7.10. The van der Waals surface area contributed by atoms with Gasteiger partial charge in [0.2, 0.25) is 0 Å². The van der Waals surface area contributed by atoms with E-state index in [-0.39, 0.29) is 22.4 Å². The molecular weight excluding hydrogens is 329 g/mol. The number of nitrogens with zero attached hydrogens (tertiary/aromatic N) is 3. The van der Waals surface area contributed by atoms with Crippen molar-refractivity contribution in [3.05, 3.63) is 47.3 Å². The molecule has 0 aliphatic rings. The maximum absolute atomic E-state index is 13.6. The quantitative estimate of drug-likeness (QED) is 0.699. The minimum Gasteiger partial charge on any atom is -0.383 e. The van der Waals surface area contributed by atoms with Gasteiger partial charge in [-0.2, -0.15) is 22.8 Å². The fourth-order valence-corrected chi connectivity index (χ4v) is 2.77. The summed E-state index contributed by atoms with van der Waals surface area (Å²) >= 11 is 0. The number of anilines is 1. The molecule has 0 unspecified atom stereocenters. The van der Waals surface area contributed by atoms with Crippen LogP contribution in [0.4, 0.5) is 19.0 Å². The number of alkyl halides is 3. The number of hydrogen-bond donors (Lipinski definition) is 1. The van der Waals surface area contributed by atoms with E-state index in [0.29, 0.717) is 11.3 Å². The van der Waals surface area contributed by atoms with Crippen LogP contribution in [0.3, 0.4) is 0 Å². The van der Waals surface area contributed by atoms with E-state index in [0.717, 1.165) is 5.56 Å². The molecule has 25 heavy (non-hydrogen) atoms. The molecule has 3 rings (SSSR count). The highest BCUT2D eigenvalue weighted by atomic mass is 19.4. The highest BCUT2D eigenvalue weighted by Crippen LogP contribution is 2.39. The summed E-state index contributed by atoms with van der Waals surface area (Å²) in [6, 6.07) is 8.38. The van der Waals surface area contributed by atoms with Gasteiger partial charge in [-0.15, -0.1) is 0 Å². The number of fused-ring (bicyclic) bond motifs is 1. The lowest BCUT2D eigenvalue weighted by Crippen LogP contribution is -2.15. The van der Waals surface area contributed by atoms with Gasteiger partial charge >= 0.3 is 6.18 Å². The molecular formula is C18H19F3N4. The zero-order valence-electron chi connectivity index (χ0n) is 14.4. The third-order valence-corrected chi connectivity index (χ3v) is 4.07. The molecule has 7 heteroatoms. The Morgan fingerprint density at radius 2 is 1.64 bits per heavy atom. The summed E-state index contributed by atoms with van der Waals surface area (Å²) in [5.41, 5.74) is 6.81. The summed E-state index contributed by atoms with van der Waals surface area (Å²) < 4.78 is 42.0. The standard InChI is InChI=1S/C18H19F3N4/c1-10-9-13-23-15(18(19,20)21)14(16(22)25(13)24-10)11-5-7-12(8-6-11)17(2,3)4/h5-9H,22H2,1-4H3. The summed E-state index contributed by atoms with van der Waals surface area (Å²) in [6.45, 7) is 7.80. The van der Waals surface area contributed by atoms with Crippen molar-refractivity contribution in [1.82, 2.24) is 14.6 Å². The average molecular weight is 348 g/mol. The minimum absolute atomic E-state index is 0.0751. The third kappa shape index (κ3) is 3.06. The number of nitrogen functional groups attached to an aromatic ring is 1. The number of aromatic nitrogens is 3. The average Bonchev–Trinajstić information content (AvgIpc) is 2.86. The van der Waals surface area contributed by atoms with Gasteiger partial charge in [-0.3, -0.25) is 0 Å². The van der Waals surface area contributed by atoms with Crippen molar-refractivity contribution in [3.63, 3.8) is 0 Å². The van der Waals surface area contributed by atoms with Crippen LogP contribution in [0.2, 0.25) is 0 Å². The Kier molecular flexibility index (Phi) is 3.78. The van der Waals surface area contributed by atoms with E-state index in [1.54, 1.807) is 19.1 Å². The van der Waals surface area contributed by atoms with E-state index >= 15 is 0 Å². The molecule has 0 fully saturated rings. The zero-order valence-corrected chi connectivity index (χ0v) is 14.4. The summed E-state index contributed by atoms with van der Waals surface area (Å²) in [5.74, 6) is -0.0751. The van der Waals surface area contributed by atoms with Crippen LogP contribution in [0.25, 0.3) is 16.8 Å². The second-order valence-electron chi connectivity index (χ2n) is 7.10. The lowest BCUT2D eigenvalue weighted by molar-refractivity contribution is -0.140. The predicted molar refractivity (Wildman–Crippen MR) is 91.3 cm³/mol. The molecule has 0 saturated carbocycles. The molecule has 0 spiro atoms. The number of nitrogens with two attached hydrogens (primary N) is 1. The lowest BCUT2D eigenvalue weighted by atomic mass is 9.86. The fraction of sp³-hybridized carbons (Fsp3) is 0.333. The molecule has 4 nitrogen and oxygen atoms in total. The van der Waals surface area contributed by atoms with Gasteiger partial charge in [-0.25, -0.2) is 4.98 Å². The van der Waals surface area contributed by atoms with Crippen molar-refractivity contribution < 1.29 is 13.2 Å². The van der Waals surface area contributed by atoms with E-state index < -0.39 is 11.9 Å². The number of rotatable bonds is 1. The van der Waals surface area contributed by atoms with Crippen molar-refractivity contribution in [3.8, 4) is 11.1 Å². The van der Waals surface area contributed by atoms with Gasteiger partial charge in [0, 0.05) is 6.07 Å². The molecule has 0 bridgehead atoms. The van der Waals surface area contributed by atoms with Crippen LogP contribution in [-0.4, -0.2) is 14.6 Å². The molecule has 1 aromatic carbocycles. The maximum Gasteiger partial charge on any atom is 0.434 e. The van der Waals surface area contributed by atoms with E-state index in [4.69, 9.17) is 5.73 Å². The molecule has 0 radical (unpaired) electrons. The van der Waals surface area contributed by atoms with E-state index in [2.05, 4.69) is 10.1 Å². The van der Waals surface area contributed by atoms with Gasteiger partial charge in [0.1, 0.15) is 5.82 Å². The molecule has 2 aromatic heterocycles. The van der Waals surface area contributed by atoms with Crippen molar-refractivity contribution >= 4 is 11.5 Å². The molecule has 132 valence electrons. The van der Waals surface area contributed by atoms with Crippen molar-refractivity contribution in [1.29, 1.82) is 0 Å². The van der Waals surface area contributed by atoms with Gasteiger partial charge in [-0.05, 0) is 23.5 Å². The summed E-state index contributed by atoms with van der Waals surface area (Å²) in [4.78, 5) is 3.77. The highest BCUT2D eigenvalue weighted by Gasteiger charge is 2.38. The molecule has 2 heterocycles. The van der Waals surface area contributed by atoms with Gasteiger partial charge in [-0.1, -0.05) is 45.0 Å².